The average Bonchev–Trinajstić information content (AvgIpc) is 3.03. The van der Waals surface area contributed by atoms with E-state index in [0.29, 0.717) is 18.9 Å². The van der Waals surface area contributed by atoms with Crippen LogP contribution in [0.2, 0.25) is 0 Å². The monoisotopic (exact) mass is 349 g/mol. The quantitative estimate of drug-likeness (QED) is 0.641. The molecule has 0 fully saturated rings. The number of aromatic nitrogens is 1. The molecule has 2 aromatic carbocycles. The second kappa shape index (κ2) is 8.16. The van der Waals surface area contributed by atoms with Gasteiger partial charge >= 0.3 is 5.97 Å². The van der Waals surface area contributed by atoms with Crippen LogP contribution in [0, 0.1) is 6.92 Å². The predicted molar refractivity (Wildman–Crippen MR) is 99.0 cm³/mol. The molecule has 0 unspecified atom stereocenters. The molecule has 0 radical (unpaired) electrons. The Hall–Kier alpha value is -3.34. The first-order chi connectivity index (χ1) is 12.6. The van der Waals surface area contributed by atoms with Crippen LogP contribution in [0.25, 0.3) is 17.5 Å². The van der Waals surface area contributed by atoms with Gasteiger partial charge in [0, 0.05) is 18.1 Å². The number of carboxylic acids is 1. The number of aliphatic carboxylic acids is 1. The maximum atomic E-state index is 10.5. The van der Waals surface area contributed by atoms with Gasteiger partial charge < -0.3 is 14.3 Å². The molecule has 0 amide bonds. The number of rotatable bonds is 7. The SMILES string of the molecule is Cc1oc(-c2ccccc2)nc1CCOc1ccc(/C=C/C(=O)O)cc1. The number of ether oxygens (including phenoxy) is 1. The van der Waals surface area contributed by atoms with Crippen molar-refractivity contribution in [3.63, 3.8) is 0 Å². The summed E-state index contributed by atoms with van der Waals surface area (Å²) >= 11 is 0. The summed E-state index contributed by atoms with van der Waals surface area (Å²) in [6, 6.07) is 17.0. The van der Waals surface area contributed by atoms with Gasteiger partial charge in [-0.2, -0.15) is 0 Å². The standard InChI is InChI=1S/C21H19NO4/c1-15-19(22-21(26-15)17-5-3-2-4-6-17)13-14-25-18-10-7-16(8-11-18)9-12-20(23)24/h2-12H,13-14H2,1H3,(H,23,24)/b12-9+. The van der Waals surface area contributed by atoms with Crippen LogP contribution < -0.4 is 4.74 Å². The molecule has 0 atom stereocenters. The summed E-state index contributed by atoms with van der Waals surface area (Å²) in [5.41, 5.74) is 2.64. The van der Waals surface area contributed by atoms with Crippen LogP contribution in [0.5, 0.6) is 5.75 Å². The molecule has 0 aliphatic rings. The van der Waals surface area contributed by atoms with Crippen LogP contribution in [0.3, 0.4) is 0 Å². The average molecular weight is 349 g/mol. The Kier molecular flexibility index (Phi) is 5.49. The lowest BCUT2D eigenvalue weighted by Crippen LogP contribution is -2.02. The zero-order valence-electron chi connectivity index (χ0n) is 14.4. The minimum Gasteiger partial charge on any atom is -0.493 e. The van der Waals surface area contributed by atoms with Crippen LogP contribution in [-0.4, -0.2) is 22.7 Å². The number of carbonyl (C=O) groups is 1. The summed E-state index contributed by atoms with van der Waals surface area (Å²) in [4.78, 5) is 15.1. The van der Waals surface area contributed by atoms with Crippen molar-refractivity contribution in [2.24, 2.45) is 0 Å². The summed E-state index contributed by atoms with van der Waals surface area (Å²) in [6.07, 6.45) is 3.28. The van der Waals surface area contributed by atoms with E-state index in [4.69, 9.17) is 14.3 Å². The van der Waals surface area contributed by atoms with Gasteiger partial charge in [0.1, 0.15) is 11.5 Å². The first-order valence-corrected chi connectivity index (χ1v) is 8.27. The highest BCUT2D eigenvalue weighted by Gasteiger charge is 2.11. The molecule has 1 N–H and O–H groups in total. The summed E-state index contributed by atoms with van der Waals surface area (Å²) in [5.74, 6) is 1.17. The van der Waals surface area contributed by atoms with Gasteiger partial charge in [0.25, 0.3) is 0 Å². The van der Waals surface area contributed by atoms with Crippen molar-refractivity contribution in [2.45, 2.75) is 13.3 Å². The molecule has 132 valence electrons. The molecule has 1 aromatic heterocycles. The molecular weight excluding hydrogens is 330 g/mol. The topological polar surface area (TPSA) is 72.6 Å². The van der Waals surface area contributed by atoms with Crippen molar-refractivity contribution < 1.29 is 19.1 Å². The molecule has 26 heavy (non-hydrogen) atoms. The minimum absolute atomic E-state index is 0.478. The third-order valence-corrected chi connectivity index (χ3v) is 3.82. The predicted octanol–water partition coefficient (Wildman–Crippen LogP) is 4.37. The van der Waals surface area contributed by atoms with E-state index >= 15 is 0 Å². The molecule has 5 nitrogen and oxygen atoms in total. The van der Waals surface area contributed by atoms with Gasteiger partial charge in [0.15, 0.2) is 0 Å². The van der Waals surface area contributed by atoms with Crippen molar-refractivity contribution in [1.29, 1.82) is 0 Å². The van der Waals surface area contributed by atoms with Gasteiger partial charge in [-0.05, 0) is 42.8 Å². The van der Waals surface area contributed by atoms with Crippen LogP contribution in [0.4, 0.5) is 0 Å². The highest BCUT2D eigenvalue weighted by molar-refractivity contribution is 5.85. The molecule has 0 aliphatic heterocycles. The van der Waals surface area contributed by atoms with Crippen molar-refractivity contribution >= 4 is 12.0 Å². The summed E-state index contributed by atoms with van der Waals surface area (Å²) in [7, 11) is 0. The molecule has 3 rings (SSSR count). The Morgan fingerprint density at radius 3 is 2.58 bits per heavy atom. The van der Waals surface area contributed by atoms with Gasteiger partial charge in [-0.3, -0.25) is 0 Å². The molecule has 3 aromatic rings. The molecule has 0 spiro atoms. The molecule has 0 aliphatic carbocycles. The smallest absolute Gasteiger partial charge is 0.328 e. The Bertz CT molecular complexity index is 896. The van der Waals surface area contributed by atoms with E-state index in [1.165, 1.54) is 6.08 Å². The number of carboxylic acid groups (broad SMARTS) is 1. The van der Waals surface area contributed by atoms with Gasteiger partial charge in [0.05, 0.1) is 12.3 Å². The number of hydrogen-bond acceptors (Lipinski definition) is 4. The maximum absolute atomic E-state index is 10.5. The van der Waals surface area contributed by atoms with Crippen LogP contribution in [0.1, 0.15) is 17.0 Å². The molecule has 0 saturated carbocycles. The van der Waals surface area contributed by atoms with Crippen molar-refractivity contribution in [1.82, 2.24) is 4.98 Å². The molecule has 0 bridgehead atoms. The molecule has 5 heteroatoms. The van der Waals surface area contributed by atoms with Crippen molar-refractivity contribution in [2.75, 3.05) is 6.61 Å². The van der Waals surface area contributed by atoms with E-state index in [9.17, 15) is 4.79 Å². The highest BCUT2D eigenvalue weighted by Crippen LogP contribution is 2.22. The van der Waals surface area contributed by atoms with E-state index in [0.717, 1.165) is 34.4 Å². The zero-order valence-corrected chi connectivity index (χ0v) is 14.4. The molecular formula is C21H19NO4. The first-order valence-electron chi connectivity index (χ1n) is 8.27. The fourth-order valence-corrected chi connectivity index (χ4v) is 2.47. The van der Waals surface area contributed by atoms with E-state index in [2.05, 4.69) is 4.98 Å². The lowest BCUT2D eigenvalue weighted by atomic mass is 10.2. The number of oxazole rings is 1. The number of nitrogens with zero attached hydrogens (tertiary/aromatic N) is 1. The first kappa shape index (κ1) is 17.5. The highest BCUT2D eigenvalue weighted by atomic mass is 16.5. The normalized spacial score (nSPS) is 11.0. The Morgan fingerprint density at radius 1 is 1.15 bits per heavy atom. The second-order valence-electron chi connectivity index (χ2n) is 5.73. The van der Waals surface area contributed by atoms with E-state index in [-0.39, 0.29) is 0 Å². The zero-order chi connectivity index (χ0) is 18.4. The fourth-order valence-electron chi connectivity index (χ4n) is 2.47. The number of aryl methyl sites for hydroxylation is 1. The maximum Gasteiger partial charge on any atom is 0.328 e. The largest absolute Gasteiger partial charge is 0.493 e. The summed E-state index contributed by atoms with van der Waals surface area (Å²) in [6.45, 7) is 2.38. The van der Waals surface area contributed by atoms with Crippen LogP contribution >= 0.6 is 0 Å². The van der Waals surface area contributed by atoms with E-state index < -0.39 is 5.97 Å². The number of hydrogen-bond donors (Lipinski definition) is 1. The van der Waals surface area contributed by atoms with E-state index in [1.54, 1.807) is 0 Å². The Morgan fingerprint density at radius 2 is 1.88 bits per heavy atom. The Balaban J connectivity index is 1.57. The lowest BCUT2D eigenvalue weighted by Gasteiger charge is -2.05. The van der Waals surface area contributed by atoms with Crippen LogP contribution in [0.15, 0.2) is 65.1 Å². The van der Waals surface area contributed by atoms with Gasteiger partial charge in [-0.1, -0.05) is 30.3 Å². The second-order valence-corrected chi connectivity index (χ2v) is 5.73. The van der Waals surface area contributed by atoms with Crippen molar-refractivity contribution in [3.8, 4) is 17.2 Å². The Labute approximate surface area is 151 Å². The van der Waals surface area contributed by atoms with E-state index in [1.807, 2.05) is 61.5 Å². The molecule has 0 saturated heterocycles. The third-order valence-electron chi connectivity index (χ3n) is 3.82. The van der Waals surface area contributed by atoms with Gasteiger partial charge in [-0.25, -0.2) is 9.78 Å². The third kappa shape index (κ3) is 4.60. The molecule has 1 heterocycles. The van der Waals surface area contributed by atoms with Crippen LogP contribution in [-0.2, 0) is 11.2 Å². The summed E-state index contributed by atoms with van der Waals surface area (Å²) < 4.78 is 11.5. The van der Waals surface area contributed by atoms with Crippen molar-refractivity contribution in [3.05, 3.63) is 77.7 Å². The van der Waals surface area contributed by atoms with Gasteiger partial charge in [-0.15, -0.1) is 0 Å². The minimum atomic E-state index is -0.969. The van der Waals surface area contributed by atoms with Gasteiger partial charge in [0.2, 0.25) is 5.89 Å². The number of benzene rings is 2. The fraction of sp³-hybridized carbons (Fsp3) is 0.143. The lowest BCUT2D eigenvalue weighted by molar-refractivity contribution is -0.131. The summed E-state index contributed by atoms with van der Waals surface area (Å²) in [5, 5.41) is 8.63.